The predicted molar refractivity (Wildman–Crippen MR) is 77.1 cm³/mol. The van der Waals surface area contributed by atoms with Gasteiger partial charge in [-0.2, -0.15) is 0 Å². The van der Waals surface area contributed by atoms with Crippen LogP contribution >= 0.6 is 0 Å². The van der Waals surface area contributed by atoms with Gasteiger partial charge in [-0.05, 0) is 25.7 Å². The first-order valence-corrected chi connectivity index (χ1v) is 9.50. The van der Waals surface area contributed by atoms with Gasteiger partial charge in [-0.25, -0.2) is 8.42 Å². The van der Waals surface area contributed by atoms with Crippen LogP contribution in [0.4, 0.5) is 0 Å². The molecule has 1 spiro atoms. The Kier molecular flexibility index (Phi) is 3.89. The molecule has 2 heterocycles. The zero-order valence-electron chi connectivity index (χ0n) is 11.7. The van der Waals surface area contributed by atoms with Gasteiger partial charge in [-0.3, -0.25) is 4.90 Å². The van der Waals surface area contributed by atoms with E-state index in [1.54, 1.807) is 0 Å². The second-order valence-corrected chi connectivity index (χ2v) is 9.03. The smallest absolute Gasteiger partial charge is 0.154 e. The highest BCUT2D eigenvalue weighted by Crippen LogP contribution is 2.31. The molecular formula is C14H26N2O2S. The van der Waals surface area contributed by atoms with Crippen molar-refractivity contribution in [1.29, 1.82) is 0 Å². The molecule has 3 rings (SSSR count). The zero-order chi connectivity index (χ0) is 13.3. The molecule has 0 aromatic heterocycles. The van der Waals surface area contributed by atoms with E-state index in [1.165, 1.54) is 32.1 Å². The molecular weight excluding hydrogens is 260 g/mol. The third-order valence-electron chi connectivity index (χ3n) is 5.19. The number of hydrogen-bond donors (Lipinski definition) is 1. The molecule has 5 heteroatoms. The van der Waals surface area contributed by atoms with Crippen LogP contribution in [-0.4, -0.2) is 56.0 Å². The molecule has 1 unspecified atom stereocenters. The minimum atomic E-state index is -2.79. The summed E-state index contributed by atoms with van der Waals surface area (Å²) in [7, 11) is -2.79. The molecule has 19 heavy (non-hydrogen) atoms. The highest BCUT2D eigenvalue weighted by atomic mass is 32.2. The van der Waals surface area contributed by atoms with Crippen LogP contribution < -0.4 is 5.32 Å². The Hall–Kier alpha value is -0.130. The van der Waals surface area contributed by atoms with Gasteiger partial charge in [0, 0.05) is 31.7 Å². The molecule has 0 aromatic carbocycles. The van der Waals surface area contributed by atoms with Crippen molar-refractivity contribution in [2.45, 2.75) is 55.7 Å². The second-order valence-electron chi connectivity index (χ2n) is 6.63. The topological polar surface area (TPSA) is 49.4 Å². The van der Waals surface area contributed by atoms with Crippen LogP contribution in [0.25, 0.3) is 0 Å². The Balaban J connectivity index is 1.62. The third-order valence-corrected chi connectivity index (χ3v) is 7.45. The molecule has 3 aliphatic rings. The Morgan fingerprint density at radius 1 is 1.16 bits per heavy atom. The predicted octanol–water partition coefficient (Wildman–Crippen LogP) is 1.17. The van der Waals surface area contributed by atoms with E-state index in [9.17, 15) is 8.42 Å². The Bertz CT molecular complexity index is 410. The summed E-state index contributed by atoms with van der Waals surface area (Å²) >= 11 is 0. The molecule has 3 fully saturated rings. The maximum absolute atomic E-state index is 12.0. The minimum absolute atomic E-state index is 0.0914. The van der Waals surface area contributed by atoms with Gasteiger partial charge in [0.05, 0.1) is 11.0 Å². The van der Waals surface area contributed by atoms with Crippen molar-refractivity contribution in [2.75, 3.05) is 31.9 Å². The Morgan fingerprint density at radius 2 is 1.95 bits per heavy atom. The van der Waals surface area contributed by atoms with Gasteiger partial charge >= 0.3 is 0 Å². The van der Waals surface area contributed by atoms with Crippen LogP contribution in [0.3, 0.4) is 0 Å². The lowest BCUT2D eigenvalue weighted by Crippen LogP contribution is -2.62. The molecule has 1 saturated carbocycles. The van der Waals surface area contributed by atoms with Crippen molar-refractivity contribution in [3.05, 3.63) is 0 Å². The van der Waals surface area contributed by atoms with E-state index in [0.717, 1.165) is 39.0 Å². The van der Waals surface area contributed by atoms with Crippen molar-refractivity contribution in [2.24, 2.45) is 0 Å². The van der Waals surface area contributed by atoms with Gasteiger partial charge in [-0.15, -0.1) is 0 Å². The van der Waals surface area contributed by atoms with E-state index in [4.69, 9.17) is 0 Å². The lowest BCUT2D eigenvalue weighted by Gasteiger charge is -2.46. The summed E-state index contributed by atoms with van der Waals surface area (Å²) in [6.45, 7) is 3.85. The summed E-state index contributed by atoms with van der Waals surface area (Å²) in [5.74, 6) is 0.412. The summed E-state index contributed by atoms with van der Waals surface area (Å²) < 4.78 is 23.9. The fraction of sp³-hybridized carbons (Fsp3) is 1.00. The van der Waals surface area contributed by atoms with E-state index >= 15 is 0 Å². The molecule has 1 N–H and O–H groups in total. The van der Waals surface area contributed by atoms with Gasteiger partial charge in [-0.1, -0.05) is 19.3 Å². The van der Waals surface area contributed by atoms with Gasteiger partial charge in [0.15, 0.2) is 9.84 Å². The quantitative estimate of drug-likeness (QED) is 0.828. The minimum Gasteiger partial charge on any atom is -0.309 e. The average Bonchev–Trinajstić information content (AvgIpc) is 2.70. The molecule has 0 amide bonds. The number of nitrogens with one attached hydrogen (secondary N) is 1. The zero-order valence-corrected chi connectivity index (χ0v) is 12.6. The van der Waals surface area contributed by atoms with Crippen LogP contribution in [0.2, 0.25) is 0 Å². The molecule has 0 radical (unpaired) electrons. The van der Waals surface area contributed by atoms with Crippen LogP contribution in [0, 0.1) is 0 Å². The van der Waals surface area contributed by atoms with Crippen LogP contribution in [0.15, 0.2) is 0 Å². The fourth-order valence-electron chi connectivity index (χ4n) is 4.11. The van der Waals surface area contributed by atoms with Gasteiger partial charge in [0.1, 0.15) is 0 Å². The highest BCUT2D eigenvalue weighted by Gasteiger charge is 2.39. The first-order valence-electron chi connectivity index (χ1n) is 7.79. The SMILES string of the molecule is O=S1(=O)CCCC1CN1CCNC2(CCCCC2)C1. The summed E-state index contributed by atoms with van der Waals surface area (Å²) in [6, 6.07) is 0. The van der Waals surface area contributed by atoms with Crippen molar-refractivity contribution in [3.63, 3.8) is 0 Å². The summed E-state index contributed by atoms with van der Waals surface area (Å²) in [5.41, 5.74) is 0.291. The molecule has 2 aliphatic heterocycles. The van der Waals surface area contributed by atoms with Crippen molar-refractivity contribution < 1.29 is 8.42 Å². The Labute approximate surface area is 116 Å². The largest absolute Gasteiger partial charge is 0.309 e. The molecule has 4 nitrogen and oxygen atoms in total. The molecule has 0 aromatic rings. The lowest BCUT2D eigenvalue weighted by atomic mass is 9.80. The molecule has 1 atom stereocenters. The fourth-order valence-corrected chi connectivity index (χ4v) is 5.98. The van der Waals surface area contributed by atoms with Crippen LogP contribution in [0.1, 0.15) is 44.9 Å². The third kappa shape index (κ3) is 2.98. The van der Waals surface area contributed by atoms with E-state index in [1.807, 2.05) is 0 Å². The van der Waals surface area contributed by atoms with Crippen molar-refractivity contribution in [3.8, 4) is 0 Å². The summed E-state index contributed by atoms with van der Waals surface area (Å²) in [5, 5.41) is 3.63. The first-order chi connectivity index (χ1) is 9.10. The van der Waals surface area contributed by atoms with Crippen LogP contribution in [-0.2, 0) is 9.84 Å². The van der Waals surface area contributed by atoms with Gasteiger partial charge < -0.3 is 5.32 Å². The Morgan fingerprint density at radius 3 is 2.63 bits per heavy atom. The number of rotatable bonds is 2. The number of piperazine rings is 1. The van der Waals surface area contributed by atoms with E-state index in [2.05, 4.69) is 10.2 Å². The van der Waals surface area contributed by atoms with Crippen molar-refractivity contribution in [1.82, 2.24) is 10.2 Å². The van der Waals surface area contributed by atoms with Gasteiger partial charge in [0.25, 0.3) is 0 Å². The first kappa shape index (κ1) is 13.8. The molecule has 2 saturated heterocycles. The maximum atomic E-state index is 12.0. The second kappa shape index (κ2) is 5.34. The number of sulfone groups is 1. The average molecular weight is 286 g/mol. The van der Waals surface area contributed by atoms with E-state index in [0.29, 0.717) is 11.3 Å². The number of hydrogen-bond acceptors (Lipinski definition) is 4. The lowest BCUT2D eigenvalue weighted by molar-refractivity contribution is 0.0992. The molecule has 1 aliphatic carbocycles. The normalized spacial score (nSPS) is 34.6. The van der Waals surface area contributed by atoms with Crippen LogP contribution in [0.5, 0.6) is 0 Å². The summed E-state index contributed by atoms with van der Waals surface area (Å²) in [4.78, 5) is 2.41. The number of nitrogens with zero attached hydrogens (tertiary/aromatic N) is 1. The monoisotopic (exact) mass is 286 g/mol. The van der Waals surface area contributed by atoms with Gasteiger partial charge in [0.2, 0.25) is 0 Å². The van der Waals surface area contributed by atoms with Crippen molar-refractivity contribution >= 4 is 9.84 Å². The molecule has 0 bridgehead atoms. The summed E-state index contributed by atoms with van der Waals surface area (Å²) in [6.07, 6.45) is 8.27. The standard InChI is InChI=1S/C14H26N2O2S/c17-19(18)10-4-5-13(19)11-16-9-8-15-14(12-16)6-2-1-3-7-14/h13,15H,1-12H2. The van der Waals surface area contributed by atoms with E-state index in [-0.39, 0.29) is 5.25 Å². The highest BCUT2D eigenvalue weighted by molar-refractivity contribution is 7.92. The maximum Gasteiger partial charge on any atom is 0.154 e. The van der Waals surface area contributed by atoms with E-state index < -0.39 is 9.84 Å². The molecule has 110 valence electrons.